The maximum absolute atomic E-state index is 11.0. The molecular weight excluding hydrogens is 430 g/mol. The van der Waals surface area contributed by atoms with E-state index in [1.54, 1.807) is 7.11 Å². The van der Waals surface area contributed by atoms with Crippen molar-refractivity contribution in [3.05, 3.63) is 101 Å². The van der Waals surface area contributed by atoms with Crippen LogP contribution in [0.5, 0.6) is 0 Å². The fraction of sp³-hybridized carbons (Fsp3) is 0.269. The Kier molecular flexibility index (Phi) is 9.57. The van der Waals surface area contributed by atoms with Gasteiger partial charge in [-0.2, -0.15) is 4.98 Å². The van der Waals surface area contributed by atoms with Gasteiger partial charge in [0.2, 0.25) is 5.95 Å². The number of aromatic amines is 2. The first-order chi connectivity index (χ1) is 16.5. The van der Waals surface area contributed by atoms with Crippen LogP contribution in [0.2, 0.25) is 0 Å². The lowest BCUT2D eigenvalue weighted by Gasteiger charge is -2.10. The van der Waals surface area contributed by atoms with Crippen LogP contribution >= 0.6 is 0 Å². The van der Waals surface area contributed by atoms with Crippen LogP contribution in [-0.4, -0.2) is 33.1 Å². The maximum atomic E-state index is 11.0. The number of nitrogens with two attached hydrogens (primary N) is 1. The van der Waals surface area contributed by atoms with Crippen molar-refractivity contribution in [3.63, 3.8) is 0 Å². The third kappa shape index (κ3) is 7.99. The molecule has 0 amide bonds. The lowest BCUT2D eigenvalue weighted by Crippen LogP contribution is -2.10. The first-order valence-corrected chi connectivity index (χ1v) is 11.1. The molecule has 2 heterocycles. The van der Waals surface area contributed by atoms with Crippen molar-refractivity contribution in [1.29, 1.82) is 0 Å². The van der Waals surface area contributed by atoms with Gasteiger partial charge in [0, 0.05) is 7.11 Å². The molecule has 1 unspecified atom stereocenters. The van der Waals surface area contributed by atoms with Crippen molar-refractivity contribution < 1.29 is 9.47 Å². The zero-order valence-electron chi connectivity index (χ0n) is 19.4. The summed E-state index contributed by atoms with van der Waals surface area (Å²) in [5.74, 6) is 0.0783. The normalized spacial score (nSPS) is 14.7. The van der Waals surface area contributed by atoms with E-state index in [0.29, 0.717) is 23.9 Å². The Labute approximate surface area is 198 Å². The van der Waals surface area contributed by atoms with E-state index in [4.69, 9.17) is 15.2 Å². The third-order valence-corrected chi connectivity index (χ3v) is 5.13. The minimum absolute atomic E-state index is 0.0783. The summed E-state index contributed by atoms with van der Waals surface area (Å²) < 4.78 is 10.7. The predicted molar refractivity (Wildman–Crippen MR) is 134 cm³/mol. The second kappa shape index (κ2) is 13.1. The van der Waals surface area contributed by atoms with Crippen LogP contribution in [0.3, 0.4) is 0 Å². The fourth-order valence-electron chi connectivity index (χ4n) is 3.42. The van der Waals surface area contributed by atoms with Crippen molar-refractivity contribution in [2.24, 2.45) is 0 Å². The van der Waals surface area contributed by atoms with Crippen LogP contribution in [0.15, 0.2) is 83.9 Å². The number of nitrogen functional groups attached to an aromatic ring is 1. The lowest BCUT2D eigenvalue weighted by molar-refractivity contribution is 0.0475. The molecule has 4 N–H and O–H groups in total. The molecule has 2 aromatic heterocycles. The summed E-state index contributed by atoms with van der Waals surface area (Å²) in [6, 6.07) is 20.4. The zero-order chi connectivity index (χ0) is 24.2. The van der Waals surface area contributed by atoms with Crippen LogP contribution in [0, 0.1) is 0 Å². The molecule has 0 radical (unpaired) electrons. The minimum atomic E-state index is -0.301. The van der Waals surface area contributed by atoms with E-state index in [9.17, 15) is 4.79 Å². The predicted octanol–water partition coefficient (Wildman–Crippen LogP) is 4.37. The van der Waals surface area contributed by atoms with E-state index in [2.05, 4.69) is 38.6 Å². The summed E-state index contributed by atoms with van der Waals surface area (Å²) in [4.78, 5) is 23.5. The number of benzene rings is 2. The summed E-state index contributed by atoms with van der Waals surface area (Å²) >= 11 is 0. The Morgan fingerprint density at radius 3 is 2.29 bits per heavy atom. The SMILES string of the molecule is C=C1CCC(OCc2ccccc2)C1.COCc1ccccc1.Nc1nc2nc[nH]c2c(=O)[nH]1. The molecule has 0 spiro atoms. The molecule has 0 aliphatic heterocycles. The number of anilines is 1. The van der Waals surface area contributed by atoms with E-state index in [-0.39, 0.29) is 11.5 Å². The molecule has 0 bridgehead atoms. The molecule has 8 heteroatoms. The van der Waals surface area contributed by atoms with Gasteiger partial charge in [-0.15, -0.1) is 0 Å². The second-order valence-electron chi connectivity index (χ2n) is 7.88. The average molecular weight is 462 g/mol. The molecule has 8 nitrogen and oxygen atoms in total. The van der Waals surface area contributed by atoms with Gasteiger partial charge in [0.15, 0.2) is 11.2 Å². The van der Waals surface area contributed by atoms with E-state index >= 15 is 0 Å². The number of nitrogens with zero attached hydrogens (tertiary/aromatic N) is 2. The molecule has 2 aromatic carbocycles. The van der Waals surface area contributed by atoms with E-state index in [0.717, 1.165) is 25.9 Å². The summed E-state index contributed by atoms with van der Waals surface area (Å²) in [5.41, 5.74) is 9.46. The first kappa shape index (κ1) is 24.9. The summed E-state index contributed by atoms with van der Waals surface area (Å²) in [5, 5.41) is 0. The smallest absolute Gasteiger partial charge is 0.278 e. The van der Waals surface area contributed by atoms with Gasteiger partial charge in [-0.05, 0) is 30.4 Å². The monoisotopic (exact) mass is 461 g/mol. The quantitative estimate of drug-likeness (QED) is 0.380. The number of hydrogen-bond donors (Lipinski definition) is 3. The molecule has 5 rings (SSSR count). The van der Waals surface area contributed by atoms with Crippen LogP contribution < -0.4 is 11.3 Å². The van der Waals surface area contributed by atoms with Crippen LogP contribution in [0.1, 0.15) is 30.4 Å². The maximum Gasteiger partial charge on any atom is 0.278 e. The number of rotatable bonds is 5. The molecule has 1 aliphatic carbocycles. The van der Waals surface area contributed by atoms with Gasteiger partial charge in [0.1, 0.15) is 0 Å². The molecule has 4 aromatic rings. The zero-order valence-corrected chi connectivity index (χ0v) is 19.4. The molecule has 1 atom stereocenters. The Morgan fingerprint density at radius 2 is 1.71 bits per heavy atom. The summed E-state index contributed by atoms with van der Waals surface area (Å²) in [7, 11) is 1.70. The third-order valence-electron chi connectivity index (χ3n) is 5.13. The van der Waals surface area contributed by atoms with Crippen LogP contribution in [-0.2, 0) is 22.7 Å². The van der Waals surface area contributed by atoms with E-state index < -0.39 is 0 Å². The molecule has 1 fully saturated rings. The highest BCUT2D eigenvalue weighted by molar-refractivity contribution is 5.69. The van der Waals surface area contributed by atoms with Gasteiger partial charge < -0.3 is 20.2 Å². The highest BCUT2D eigenvalue weighted by Gasteiger charge is 2.18. The molecule has 1 aliphatic rings. The standard InChI is InChI=1S/C13H16O.C8H10O.C5H5N5O/c1-11-7-8-13(9-11)14-10-12-5-3-2-4-6-12;1-9-7-8-5-3-2-4-6-8;6-5-9-3-2(4(11)10-5)7-1-8-3/h2-6,13H,1,7-10H2;2-6H,7H2,1H3;1H,(H4,6,7,8,9,10,11). The van der Waals surface area contributed by atoms with E-state index in [1.807, 2.05) is 48.5 Å². The largest absolute Gasteiger partial charge is 0.380 e. The lowest BCUT2D eigenvalue weighted by atomic mass is 10.2. The number of nitrogens with one attached hydrogen (secondary N) is 2. The summed E-state index contributed by atoms with van der Waals surface area (Å²) in [6.45, 7) is 5.42. The Hall–Kier alpha value is -3.75. The van der Waals surface area contributed by atoms with Gasteiger partial charge in [-0.25, -0.2) is 4.98 Å². The minimum Gasteiger partial charge on any atom is -0.380 e. The van der Waals surface area contributed by atoms with Crippen molar-refractivity contribution in [2.45, 2.75) is 38.6 Å². The Bertz CT molecular complexity index is 1210. The number of methoxy groups -OCH3 is 1. The van der Waals surface area contributed by atoms with Gasteiger partial charge in [-0.1, -0.05) is 72.8 Å². The van der Waals surface area contributed by atoms with Crippen molar-refractivity contribution >= 4 is 17.1 Å². The van der Waals surface area contributed by atoms with Gasteiger partial charge in [0.25, 0.3) is 5.56 Å². The van der Waals surface area contributed by atoms with E-state index in [1.165, 1.54) is 23.0 Å². The van der Waals surface area contributed by atoms with Crippen molar-refractivity contribution in [3.8, 4) is 0 Å². The van der Waals surface area contributed by atoms with Crippen molar-refractivity contribution in [1.82, 2.24) is 19.9 Å². The first-order valence-electron chi connectivity index (χ1n) is 11.1. The Morgan fingerprint density at radius 1 is 1.06 bits per heavy atom. The second-order valence-corrected chi connectivity index (χ2v) is 7.88. The van der Waals surface area contributed by atoms with Gasteiger partial charge in [-0.3, -0.25) is 9.78 Å². The van der Waals surface area contributed by atoms with Gasteiger partial charge in [0.05, 0.1) is 25.6 Å². The molecule has 1 saturated carbocycles. The molecule has 34 heavy (non-hydrogen) atoms. The number of ether oxygens (including phenoxy) is 2. The molecule has 178 valence electrons. The van der Waals surface area contributed by atoms with Crippen molar-refractivity contribution in [2.75, 3.05) is 12.8 Å². The Balaban J connectivity index is 0.000000147. The fourth-order valence-corrected chi connectivity index (χ4v) is 3.42. The van der Waals surface area contributed by atoms with Crippen LogP contribution in [0.4, 0.5) is 5.95 Å². The number of imidazole rings is 1. The highest BCUT2D eigenvalue weighted by Crippen LogP contribution is 2.26. The number of fused-ring (bicyclic) bond motifs is 1. The summed E-state index contributed by atoms with van der Waals surface area (Å²) in [6.07, 6.45) is 5.13. The van der Waals surface area contributed by atoms with Gasteiger partial charge >= 0.3 is 0 Å². The number of H-pyrrole nitrogens is 2. The number of aromatic nitrogens is 4. The van der Waals surface area contributed by atoms with Crippen LogP contribution in [0.25, 0.3) is 11.2 Å². The highest BCUT2D eigenvalue weighted by atomic mass is 16.5. The topological polar surface area (TPSA) is 119 Å². The number of hydrogen-bond acceptors (Lipinski definition) is 6. The molecule has 0 saturated heterocycles. The molecular formula is C26H31N5O3. The average Bonchev–Trinajstić information content (AvgIpc) is 3.49.